The van der Waals surface area contributed by atoms with Gasteiger partial charge in [-0.2, -0.15) is 0 Å². The summed E-state index contributed by atoms with van der Waals surface area (Å²) in [4.78, 5) is 9.77. The summed E-state index contributed by atoms with van der Waals surface area (Å²) in [5.41, 5.74) is -1.58. The predicted molar refractivity (Wildman–Crippen MR) is 32.3 cm³/mol. The Hall–Kier alpha value is -0.650. The molecule has 0 aliphatic heterocycles. The van der Waals surface area contributed by atoms with Gasteiger partial charge in [-0.05, 0) is 13.8 Å². The quantitative estimate of drug-likeness (QED) is 0.263. The van der Waals surface area contributed by atoms with Crippen molar-refractivity contribution in [1.29, 1.82) is 0 Å². The van der Waals surface area contributed by atoms with Gasteiger partial charge in [0.05, 0.1) is 0 Å². The molecule has 0 aromatic rings. The predicted octanol–water partition coefficient (Wildman–Crippen LogP) is -1.34. The first-order valence-corrected chi connectivity index (χ1v) is 2.23. The molecule has 0 aliphatic carbocycles. The standard InChI is InChI=1S/C4H8O3.H4N2/c1-4(2,7)3(5)6;1-2/h7H,1-2H3,(H,5,6);1-2H2. The Balaban J connectivity index is 0. The van der Waals surface area contributed by atoms with Crippen molar-refractivity contribution in [2.24, 2.45) is 11.7 Å². The van der Waals surface area contributed by atoms with Crippen LogP contribution in [0.15, 0.2) is 0 Å². The Labute approximate surface area is 53.2 Å². The summed E-state index contributed by atoms with van der Waals surface area (Å²) in [5, 5.41) is 16.5. The van der Waals surface area contributed by atoms with Gasteiger partial charge in [0.15, 0.2) is 5.60 Å². The highest BCUT2D eigenvalue weighted by Crippen LogP contribution is 1.97. The number of aliphatic carboxylic acids is 1. The van der Waals surface area contributed by atoms with E-state index in [9.17, 15) is 4.79 Å². The van der Waals surface area contributed by atoms with Crippen LogP contribution in [-0.2, 0) is 4.79 Å². The minimum absolute atomic E-state index is 1.20. The number of carboxylic acid groups (broad SMARTS) is 1. The zero-order valence-corrected chi connectivity index (χ0v) is 5.46. The Kier molecular flexibility index (Phi) is 5.28. The second-order valence-electron chi connectivity index (χ2n) is 1.86. The third-order valence-electron chi connectivity index (χ3n) is 0.523. The molecular weight excluding hydrogens is 124 g/mol. The van der Waals surface area contributed by atoms with Crippen LogP contribution >= 0.6 is 0 Å². The van der Waals surface area contributed by atoms with Gasteiger partial charge in [0, 0.05) is 0 Å². The van der Waals surface area contributed by atoms with Crippen LogP contribution in [0.2, 0.25) is 0 Å². The first-order chi connectivity index (χ1) is 3.94. The Bertz CT molecular complexity index is 86.3. The second kappa shape index (κ2) is 4.25. The maximum Gasteiger partial charge on any atom is 0.335 e. The molecule has 0 unspecified atom stereocenters. The van der Waals surface area contributed by atoms with Crippen molar-refractivity contribution in [1.82, 2.24) is 0 Å². The van der Waals surface area contributed by atoms with Gasteiger partial charge in [0.25, 0.3) is 0 Å². The average molecular weight is 136 g/mol. The minimum atomic E-state index is -1.58. The molecule has 0 radical (unpaired) electrons. The van der Waals surface area contributed by atoms with E-state index in [4.69, 9.17) is 10.2 Å². The van der Waals surface area contributed by atoms with Gasteiger partial charge in [0.1, 0.15) is 0 Å². The minimum Gasteiger partial charge on any atom is -0.479 e. The number of rotatable bonds is 1. The molecule has 0 aromatic carbocycles. The first-order valence-electron chi connectivity index (χ1n) is 2.23. The number of carbonyl (C=O) groups is 1. The van der Waals surface area contributed by atoms with Gasteiger partial charge in [0.2, 0.25) is 0 Å². The van der Waals surface area contributed by atoms with E-state index < -0.39 is 11.6 Å². The Morgan fingerprint density at radius 3 is 1.56 bits per heavy atom. The van der Waals surface area contributed by atoms with Crippen LogP contribution in [-0.4, -0.2) is 21.8 Å². The molecule has 0 fully saturated rings. The van der Waals surface area contributed by atoms with Crippen LogP contribution < -0.4 is 11.7 Å². The second-order valence-corrected chi connectivity index (χ2v) is 1.86. The Morgan fingerprint density at radius 2 is 1.56 bits per heavy atom. The summed E-state index contributed by atoms with van der Waals surface area (Å²) in [6, 6.07) is 0. The lowest BCUT2D eigenvalue weighted by atomic mass is 10.1. The van der Waals surface area contributed by atoms with E-state index in [2.05, 4.69) is 11.7 Å². The molecule has 0 amide bonds. The maximum absolute atomic E-state index is 9.77. The zero-order chi connectivity index (χ0) is 8.08. The molecule has 0 saturated carbocycles. The molecule has 0 heterocycles. The average Bonchev–Trinajstić information content (AvgIpc) is 1.69. The molecule has 5 nitrogen and oxygen atoms in total. The van der Waals surface area contributed by atoms with Crippen LogP contribution in [0, 0.1) is 0 Å². The van der Waals surface area contributed by atoms with E-state index in [0.717, 1.165) is 0 Å². The monoisotopic (exact) mass is 136 g/mol. The van der Waals surface area contributed by atoms with E-state index in [1.165, 1.54) is 13.8 Å². The molecule has 0 rings (SSSR count). The Morgan fingerprint density at radius 1 is 1.44 bits per heavy atom. The van der Waals surface area contributed by atoms with E-state index >= 15 is 0 Å². The SMILES string of the molecule is CC(C)(O)C(=O)O.NN. The van der Waals surface area contributed by atoms with Crippen LogP contribution in [0.4, 0.5) is 0 Å². The molecule has 0 aromatic heterocycles. The first kappa shape index (κ1) is 11.2. The number of carboxylic acids is 1. The lowest BCUT2D eigenvalue weighted by molar-refractivity contribution is -0.154. The fourth-order valence-electron chi connectivity index (χ4n) is 0. The zero-order valence-electron chi connectivity index (χ0n) is 5.46. The number of aliphatic hydroxyl groups is 1. The van der Waals surface area contributed by atoms with Crippen molar-refractivity contribution < 1.29 is 15.0 Å². The lowest BCUT2D eigenvalue weighted by Gasteiger charge is -2.07. The molecule has 0 spiro atoms. The summed E-state index contributed by atoms with van der Waals surface area (Å²) in [6.45, 7) is 2.44. The molecule has 0 saturated heterocycles. The molecule has 5 heteroatoms. The number of hydrogen-bond acceptors (Lipinski definition) is 4. The summed E-state index contributed by atoms with van der Waals surface area (Å²) in [5.74, 6) is 6.80. The van der Waals surface area contributed by atoms with Gasteiger partial charge in [-0.25, -0.2) is 4.79 Å². The van der Waals surface area contributed by atoms with Crippen LogP contribution in [0.5, 0.6) is 0 Å². The smallest absolute Gasteiger partial charge is 0.335 e. The molecule has 6 N–H and O–H groups in total. The number of nitrogens with two attached hydrogens (primary N) is 2. The number of hydrazine groups is 1. The van der Waals surface area contributed by atoms with Gasteiger partial charge >= 0.3 is 5.97 Å². The van der Waals surface area contributed by atoms with Crippen molar-refractivity contribution >= 4 is 5.97 Å². The van der Waals surface area contributed by atoms with Crippen LogP contribution in [0.25, 0.3) is 0 Å². The largest absolute Gasteiger partial charge is 0.479 e. The van der Waals surface area contributed by atoms with Crippen molar-refractivity contribution in [3.05, 3.63) is 0 Å². The highest BCUT2D eigenvalue weighted by Gasteiger charge is 2.21. The third kappa shape index (κ3) is 7.35. The van der Waals surface area contributed by atoms with Gasteiger partial charge < -0.3 is 10.2 Å². The lowest BCUT2D eigenvalue weighted by Crippen LogP contribution is -2.30. The molecular formula is C4H12N2O3. The normalized spacial score (nSPS) is 9.44. The molecule has 0 atom stereocenters. The van der Waals surface area contributed by atoms with Crippen LogP contribution in [0.3, 0.4) is 0 Å². The van der Waals surface area contributed by atoms with Crippen molar-refractivity contribution in [3.8, 4) is 0 Å². The molecule has 0 aliphatic rings. The van der Waals surface area contributed by atoms with E-state index in [1.54, 1.807) is 0 Å². The molecule has 56 valence electrons. The van der Waals surface area contributed by atoms with E-state index in [0.29, 0.717) is 0 Å². The fraction of sp³-hybridized carbons (Fsp3) is 0.750. The summed E-state index contributed by atoms with van der Waals surface area (Å²) >= 11 is 0. The number of hydrogen-bond donors (Lipinski definition) is 4. The van der Waals surface area contributed by atoms with Crippen molar-refractivity contribution in [2.75, 3.05) is 0 Å². The third-order valence-corrected chi connectivity index (χ3v) is 0.523. The summed E-state index contributed by atoms with van der Waals surface area (Å²) in [7, 11) is 0. The van der Waals surface area contributed by atoms with Gasteiger partial charge in [-0.1, -0.05) is 0 Å². The molecule has 9 heavy (non-hydrogen) atoms. The summed E-state index contributed by atoms with van der Waals surface area (Å²) < 4.78 is 0. The molecule has 0 bridgehead atoms. The maximum atomic E-state index is 9.77. The summed E-state index contributed by atoms with van der Waals surface area (Å²) in [6.07, 6.45) is 0. The van der Waals surface area contributed by atoms with E-state index in [-0.39, 0.29) is 0 Å². The van der Waals surface area contributed by atoms with Gasteiger partial charge in [-0.3, -0.25) is 11.7 Å². The van der Waals surface area contributed by atoms with Crippen molar-refractivity contribution in [2.45, 2.75) is 19.4 Å². The fourth-order valence-corrected chi connectivity index (χ4v) is 0. The van der Waals surface area contributed by atoms with Crippen LogP contribution in [0.1, 0.15) is 13.8 Å². The highest BCUT2D eigenvalue weighted by atomic mass is 16.4. The van der Waals surface area contributed by atoms with E-state index in [1.807, 2.05) is 0 Å². The van der Waals surface area contributed by atoms with Crippen molar-refractivity contribution in [3.63, 3.8) is 0 Å². The highest BCUT2D eigenvalue weighted by molar-refractivity contribution is 5.75. The topological polar surface area (TPSA) is 110 Å². The van der Waals surface area contributed by atoms with Gasteiger partial charge in [-0.15, -0.1) is 0 Å².